The highest BCUT2D eigenvalue weighted by Crippen LogP contribution is 2.39. The summed E-state index contributed by atoms with van der Waals surface area (Å²) in [6, 6.07) is 7.12. The van der Waals surface area contributed by atoms with Crippen LogP contribution in [0.15, 0.2) is 36.5 Å². The molecule has 0 unspecified atom stereocenters. The van der Waals surface area contributed by atoms with E-state index in [4.69, 9.17) is 37.9 Å². The number of benzene rings is 2. The first-order valence-electron chi connectivity index (χ1n) is 13.2. The van der Waals surface area contributed by atoms with Gasteiger partial charge in [0, 0.05) is 25.6 Å². The van der Waals surface area contributed by atoms with Crippen molar-refractivity contribution in [2.45, 2.75) is 32.9 Å². The Morgan fingerprint density at radius 1 is 1.18 bits per heavy atom. The number of piperidine rings is 1. The number of rotatable bonds is 10. The quantitative estimate of drug-likeness (QED) is 0.218. The Labute approximate surface area is 240 Å². The standard InChI is InChI=1S/C28H30Cl2F2N6O2/c1-16(14-39)15-40-19-8-20(29)25(21(30)9-19)27-36-24-12-35-28(34-11-17-4-5-22(31)23(32)7-17)37-26(24)38(27)13-18-3-2-6-33-10-18/h4-5,7-9,12,16,18,33,39H,2-3,6,10-11,13-15H2,1H3,(H,34,35,37)/t16-,18-/m1/s1. The molecular formula is C28H30Cl2F2N6O2. The molecule has 3 N–H and O–H groups in total. The van der Waals surface area contributed by atoms with Crippen LogP contribution in [-0.2, 0) is 13.1 Å². The molecule has 4 aromatic rings. The van der Waals surface area contributed by atoms with Gasteiger partial charge in [0.1, 0.15) is 17.1 Å². The summed E-state index contributed by atoms with van der Waals surface area (Å²) in [6.07, 6.45) is 3.74. The molecule has 40 heavy (non-hydrogen) atoms. The number of nitrogens with one attached hydrogen (secondary N) is 2. The van der Waals surface area contributed by atoms with E-state index in [1.165, 1.54) is 6.07 Å². The van der Waals surface area contributed by atoms with Gasteiger partial charge in [-0.05, 0) is 61.7 Å². The average Bonchev–Trinajstić information content (AvgIpc) is 3.29. The molecule has 212 valence electrons. The fraction of sp³-hybridized carbons (Fsp3) is 0.393. The second-order valence-corrected chi connectivity index (χ2v) is 10.9. The number of aromatic nitrogens is 4. The lowest BCUT2D eigenvalue weighted by molar-refractivity contribution is 0.174. The van der Waals surface area contributed by atoms with Crippen LogP contribution in [0.1, 0.15) is 25.3 Å². The van der Waals surface area contributed by atoms with E-state index < -0.39 is 11.6 Å². The number of hydrogen-bond donors (Lipinski definition) is 3. The van der Waals surface area contributed by atoms with Gasteiger partial charge in [-0.3, -0.25) is 0 Å². The maximum atomic E-state index is 13.6. The van der Waals surface area contributed by atoms with Gasteiger partial charge >= 0.3 is 0 Å². The number of nitrogens with zero attached hydrogens (tertiary/aromatic N) is 4. The zero-order chi connectivity index (χ0) is 28.2. The number of fused-ring (bicyclic) bond motifs is 1. The number of aliphatic hydroxyl groups excluding tert-OH is 1. The smallest absolute Gasteiger partial charge is 0.225 e. The topological polar surface area (TPSA) is 97.1 Å². The van der Waals surface area contributed by atoms with Gasteiger partial charge in [-0.15, -0.1) is 0 Å². The lowest BCUT2D eigenvalue weighted by atomic mass is 9.99. The monoisotopic (exact) mass is 590 g/mol. The largest absolute Gasteiger partial charge is 0.493 e. The van der Waals surface area contributed by atoms with Gasteiger partial charge in [0.05, 0.1) is 28.4 Å². The van der Waals surface area contributed by atoms with Crippen molar-refractivity contribution in [3.63, 3.8) is 0 Å². The summed E-state index contributed by atoms with van der Waals surface area (Å²) >= 11 is 13.5. The van der Waals surface area contributed by atoms with Crippen molar-refractivity contribution in [3.05, 3.63) is 63.8 Å². The third-order valence-electron chi connectivity index (χ3n) is 6.85. The molecular weight excluding hydrogens is 561 g/mol. The molecule has 1 aliphatic rings. The molecule has 2 atom stereocenters. The van der Waals surface area contributed by atoms with E-state index in [0.29, 0.717) is 68.9 Å². The van der Waals surface area contributed by atoms with Crippen LogP contribution in [-0.4, -0.2) is 50.9 Å². The van der Waals surface area contributed by atoms with E-state index in [1.807, 2.05) is 11.5 Å². The molecule has 3 heterocycles. The van der Waals surface area contributed by atoms with Crippen molar-refractivity contribution < 1.29 is 18.6 Å². The summed E-state index contributed by atoms with van der Waals surface area (Å²) in [6.45, 7) is 4.92. The molecule has 0 saturated carbocycles. The summed E-state index contributed by atoms with van der Waals surface area (Å²) in [4.78, 5) is 13.9. The van der Waals surface area contributed by atoms with Gasteiger partial charge < -0.3 is 25.0 Å². The Morgan fingerprint density at radius 2 is 1.98 bits per heavy atom. The van der Waals surface area contributed by atoms with Gasteiger partial charge in [-0.1, -0.05) is 36.2 Å². The molecule has 8 nitrogen and oxygen atoms in total. The number of hydrogen-bond acceptors (Lipinski definition) is 7. The lowest BCUT2D eigenvalue weighted by Crippen LogP contribution is -2.32. The second-order valence-electron chi connectivity index (χ2n) is 10.1. The summed E-state index contributed by atoms with van der Waals surface area (Å²) in [5.74, 6) is -0.0999. The number of imidazole rings is 1. The highest BCUT2D eigenvalue weighted by molar-refractivity contribution is 6.39. The highest BCUT2D eigenvalue weighted by atomic mass is 35.5. The van der Waals surface area contributed by atoms with Crippen LogP contribution in [0.4, 0.5) is 14.7 Å². The van der Waals surface area contributed by atoms with E-state index in [-0.39, 0.29) is 19.1 Å². The van der Waals surface area contributed by atoms with Crippen molar-refractivity contribution in [1.29, 1.82) is 0 Å². The van der Waals surface area contributed by atoms with Gasteiger partial charge in [0.25, 0.3) is 0 Å². The van der Waals surface area contributed by atoms with Crippen molar-refractivity contribution in [2.75, 3.05) is 31.6 Å². The molecule has 0 bridgehead atoms. The van der Waals surface area contributed by atoms with E-state index in [0.717, 1.165) is 38.1 Å². The normalized spacial score (nSPS) is 16.3. The predicted molar refractivity (Wildman–Crippen MR) is 152 cm³/mol. The Kier molecular flexibility index (Phi) is 9.00. The first-order valence-corrected chi connectivity index (χ1v) is 13.9. The minimum atomic E-state index is -0.910. The van der Waals surface area contributed by atoms with Crippen molar-refractivity contribution >= 4 is 40.3 Å². The second kappa shape index (κ2) is 12.6. The summed E-state index contributed by atoms with van der Waals surface area (Å²) in [5, 5.41) is 16.6. The van der Waals surface area contributed by atoms with Gasteiger partial charge in [0.2, 0.25) is 5.95 Å². The molecule has 12 heteroatoms. The van der Waals surface area contributed by atoms with Crippen LogP contribution in [0.2, 0.25) is 10.0 Å². The Balaban J connectivity index is 1.49. The summed E-state index contributed by atoms with van der Waals surface area (Å²) in [7, 11) is 0. The van der Waals surface area contributed by atoms with E-state index in [9.17, 15) is 13.9 Å². The van der Waals surface area contributed by atoms with Crippen LogP contribution < -0.4 is 15.4 Å². The van der Waals surface area contributed by atoms with Crippen LogP contribution in [0.3, 0.4) is 0 Å². The Hall–Kier alpha value is -3.05. The van der Waals surface area contributed by atoms with Crippen LogP contribution in [0.5, 0.6) is 5.75 Å². The molecule has 5 rings (SSSR count). The van der Waals surface area contributed by atoms with Crippen molar-refractivity contribution in [1.82, 2.24) is 24.8 Å². The molecule has 0 amide bonds. The number of ether oxygens (including phenoxy) is 1. The number of aliphatic hydroxyl groups is 1. The van der Waals surface area contributed by atoms with Crippen LogP contribution in [0, 0.1) is 23.5 Å². The third-order valence-corrected chi connectivity index (χ3v) is 7.44. The van der Waals surface area contributed by atoms with Crippen LogP contribution >= 0.6 is 23.2 Å². The van der Waals surface area contributed by atoms with Gasteiger partial charge in [-0.2, -0.15) is 4.98 Å². The maximum absolute atomic E-state index is 13.6. The number of halogens is 4. The minimum absolute atomic E-state index is 0.0122. The molecule has 0 radical (unpaired) electrons. The summed E-state index contributed by atoms with van der Waals surface area (Å²) in [5.41, 5.74) is 2.29. The third kappa shape index (κ3) is 6.46. The Bertz CT molecular complexity index is 1470. The SMILES string of the molecule is C[C@H](CO)COc1cc(Cl)c(-c2nc3cnc(NCc4ccc(F)c(F)c4)nc3n2C[C@@H]2CCCNC2)c(Cl)c1. The van der Waals surface area contributed by atoms with Gasteiger partial charge in [0.15, 0.2) is 17.3 Å². The molecule has 0 aliphatic carbocycles. The molecule has 1 aliphatic heterocycles. The molecule has 1 saturated heterocycles. The molecule has 2 aromatic heterocycles. The minimum Gasteiger partial charge on any atom is -0.493 e. The van der Waals surface area contributed by atoms with E-state index in [1.54, 1.807) is 18.3 Å². The van der Waals surface area contributed by atoms with Crippen LogP contribution in [0.25, 0.3) is 22.6 Å². The Morgan fingerprint density at radius 3 is 2.67 bits per heavy atom. The highest BCUT2D eigenvalue weighted by Gasteiger charge is 2.24. The lowest BCUT2D eigenvalue weighted by Gasteiger charge is -2.24. The van der Waals surface area contributed by atoms with Gasteiger partial charge in [-0.25, -0.2) is 18.7 Å². The molecule has 0 spiro atoms. The number of anilines is 1. The first kappa shape index (κ1) is 28.5. The molecule has 2 aromatic carbocycles. The fourth-order valence-corrected chi connectivity index (χ4v) is 5.31. The maximum Gasteiger partial charge on any atom is 0.225 e. The summed E-state index contributed by atoms with van der Waals surface area (Å²) < 4.78 is 34.7. The van der Waals surface area contributed by atoms with Crippen molar-refractivity contribution in [3.8, 4) is 17.1 Å². The predicted octanol–water partition coefficient (Wildman–Crippen LogP) is 5.70. The van der Waals surface area contributed by atoms with E-state index in [2.05, 4.69) is 15.6 Å². The average molecular weight is 591 g/mol. The first-order chi connectivity index (χ1) is 19.3. The van der Waals surface area contributed by atoms with Crippen molar-refractivity contribution in [2.24, 2.45) is 11.8 Å². The zero-order valence-corrected chi connectivity index (χ0v) is 23.4. The fourth-order valence-electron chi connectivity index (χ4n) is 4.67. The zero-order valence-electron chi connectivity index (χ0n) is 21.9. The van der Waals surface area contributed by atoms with E-state index >= 15 is 0 Å². The molecule has 1 fully saturated rings.